The molecule has 0 spiro atoms. The van der Waals surface area contributed by atoms with Gasteiger partial charge in [-0.1, -0.05) is 36.6 Å². The number of phenols is 1. The number of rotatable bonds is 5. The quantitative estimate of drug-likeness (QED) is 0.872. The highest BCUT2D eigenvalue weighted by molar-refractivity contribution is 6.32. The second-order valence-corrected chi connectivity index (χ2v) is 6.05. The van der Waals surface area contributed by atoms with Gasteiger partial charge in [-0.3, -0.25) is 0 Å². The van der Waals surface area contributed by atoms with Gasteiger partial charge in [0.05, 0.1) is 10.6 Å². The number of aromatic hydroxyl groups is 1. The molecule has 0 radical (unpaired) electrons. The largest absolute Gasteiger partial charge is 0.506 e. The van der Waals surface area contributed by atoms with Gasteiger partial charge in [0.2, 0.25) is 0 Å². The van der Waals surface area contributed by atoms with E-state index in [9.17, 15) is 10.2 Å². The molecule has 1 fully saturated rings. The predicted molar refractivity (Wildman–Crippen MR) is 77.5 cm³/mol. The van der Waals surface area contributed by atoms with E-state index in [1.165, 1.54) is 0 Å². The topological polar surface area (TPSA) is 43.7 Å². The number of benzene rings is 1. The highest BCUT2D eigenvalue weighted by Gasteiger charge is 2.30. The van der Waals surface area contributed by atoms with Crippen LogP contribution in [0, 0.1) is 0 Å². The van der Waals surface area contributed by atoms with Gasteiger partial charge in [-0.25, -0.2) is 0 Å². The van der Waals surface area contributed by atoms with Gasteiger partial charge >= 0.3 is 0 Å². The molecule has 2 N–H and O–H groups in total. The monoisotopic (exact) mass is 283 g/mol. The minimum Gasteiger partial charge on any atom is -0.506 e. The zero-order valence-electron chi connectivity index (χ0n) is 11.4. The van der Waals surface area contributed by atoms with Gasteiger partial charge in [0.15, 0.2) is 0 Å². The molecule has 0 atom stereocenters. The summed E-state index contributed by atoms with van der Waals surface area (Å²) < 4.78 is 0. The molecule has 0 unspecified atom stereocenters. The van der Waals surface area contributed by atoms with E-state index >= 15 is 0 Å². The molecule has 1 aliphatic rings. The maximum atomic E-state index is 10.3. The molecule has 19 heavy (non-hydrogen) atoms. The van der Waals surface area contributed by atoms with Crippen LogP contribution in [-0.2, 0) is 6.54 Å². The highest BCUT2D eigenvalue weighted by atomic mass is 35.5. The van der Waals surface area contributed by atoms with Crippen molar-refractivity contribution in [3.63, 3.8) is 0 Å². The van der Waals surface area contributed by atoms with Gasteiger partial charge < -0.3 is 15.1 Å². The van der Waals surface area contributed by atoms with Crippen molar-refractivity contribution in [2.24, 2.45) is 0 Å². The van der Waals surface area contributed by atoms with Crippen LogP contribution in [0.4, 0.5) is 0 Å². The average molecular weight is 284 g/mol. The fourth-order valence-corrected chi connectivity index (χ4v) is 2.93. The van der Waals surface area contributed by atoms with Gasteiger partial charge in [0, 0.05) is 13.1 Å². The van der Waals surface area contributed by atoms with Crippen LogP contribution in [0.5, 0.6) is 5.75 Å². The Morgan fingerprint density at radius 2 is 2.00 bits per heavy atom. The maximum Gasteiger partial charge on any atom is 0.134 e. The molecule has 1 aliphatic carbocycles. The van der Waals surface area contributed by atoms with Crippen LogP contribution in [0.1, 0.15) is 37.7 Å². The predicted octanol–water partition coefficient (Wildman–Crippen LogP) is 3.17. The van der Waals surface area contributed by atoms with Crippen molar-refractivity contribution >= 4 is 11.6 Å². The lowest BCUT2D eigenvalue weighted by molar-refractivity contribution is 0.0297. The summed E-state index contributed by atoms with van der Waals surface area (Å²) in [5, 5.41) is 20.3. The third kappa shape index (κ3) is 3.85. The average Bonchev–Trinajstić information content (AvgIpc) is 2.80. The zero-order valence-corrected chi connectivity index (χ0v) is 12.2. The lowest BCUT2D eigenvalue weighted by Crippen LogP contribution is -2.31. The van der Waals surface area contributed by atoms with Crippen LogP contribution < -0.4 is 0 Å². The van der Waals surface area contributed by atoms with Gasteiger partial charge in [0.1, 0.15) is 5.75 Å². The second-order valence-electron chi connectivity index (χ2n) is 5.67. The first-order valence-corrected chi connectivity index (χ1v) is 7.25. The summed E-state index contributed by atoms with van der Waals surface area (Å²) >= 11 is 6.07. The third-order valence-electron chi connectivity index (χ3n) is 3.99. The molecule has 4 heteroatoms. The van der Waals surface area contributed by atoms with Crippen molar-refractivity contribution in [1.29, 1.82) is 0 Å². The van der Waals surface area contributed by atoms with E-state index in [0.29, 0.717) is 11.6 Å². The summed E-state index contributed by atoms with van der Waals surface area (Å²) in [5.41, 5.74) is 0.458. The molecule has 1 aromatic rings. The Balaban J connectivity index is 1.87. The molecule has 106 valence electrons. The first-order valence-electron chi connectivity index (χ1n) is 6.87. The van der Waals surface area contributed by atoms with E-state index in [-0.39, 0.29) is 5.75 Å². The Kier molecular flexibility index (Phi) is 4.71. The Morgan fingerprint density at radius 3 is 2.68 bits per heavy atom. The minimum absolute atomic E-state index is 0.127. The fraction of sp³-hybridized carbons (Fsp3) is 0.600. The van der Waals surface area contributed by atoms with Crippen LogP contribution in [0.25, 0.3) is 0 Å². The van der Waals surface area contributed by atoms with Crippen molar-refractivity contribution in [3.8, 4) is 5.75 Å². The van der Waals surface area contributed by atoms with Crippen LogP contribution in [0.2, 0.25) is 5.02 Å². The molecular formula is C15H22ClNO2. The molecule has 0 aromatic heterocycles. The second kappa shape index (κ2) is 6.12. The molecule has 0 bridgehead atoms. The SMILES string of the molecule is CN(CCC1(O)CCCC1)Cc1cccc(O)c1Cl. The molecule has 3 nitrogen and oxygen atoms in total. The molecule has 0 aliphatic heterocycles. The van der Waals surface area contributed by atoms with Gasteiger partial charge in [-0.05, 0) is 37.9 Å². The number of halogens is 1. The van der Waals surface area contributed by atoms with E-state index < -0.39 is 5.60 Å². The summed E-state index contributed by atoms with van der Waals surface area (Å²) in [6.07, 6.45) is 4.93. The minimum atomic E-state index is -0.461. The number of phenolic OH excluding ortho intramolecular Hbond substituents is 1. The van der Waals surface area contributed by atoms with Crippen LogP contribution in [0.3, 0.4) is 0 Å². The van der Waals surface area contributed by atoms with Crippen LogP contribution in [0.15, 0.2) is 18.2 Å². The van der Waals surface area contributed by atoms with Gasteiger partial charge in [-0.2, -0.15) is 0 Å². The fourth-order valence-electron chi connectivity index (χ4n) is 2.74. The van der Waals surface area contributed by atoms with Crippen molar-refractivity contribution in [3.05, 3.63) is 28.8 Å². The third-order valence-corrected chi connectivity index (χ3v) is 4.43. The number of hydrogen-bond acceptors (Lipinski definition) is 3. The lowest BCUT2D eigenvalue weighted by Gasteiger charge is -2.26. The van der Waals surface area contributed by atoms with E-state index in [1.54, 1.807) is 12.1 Å². The van der Waals surface area contributed by atoms with Gasteiger partial charge in [-0.15, -0.1) is 0 Å². The van der Waals surface area contributed by atoms with Crippen LogP contribution in [-0.4, -0.2) is 34.3 Å². The first kappa shape index (κ1) is 14.6. The summed E-state index contributed by atoms with van der Waals surface area (Å²) in [6.45, 7) is 1.52. The molecule has 0 saturated heterocycles. The molecule has 0 heterocycles. The summed E-state index contributed by atoms with van der Waals surface area (Å²) in [6, 6.07) is 5.31. The summed E-state index contributed by atoms with van der Waals surface area (Å²) in [7, 11) is 2.01. The summed E-state index contributed by atoms with van der Waals surface area (Å²) in [4.78, 5) is 2.14. The smallest absolute Gasteiger partial charge is 0.134 e. The standard InChI is InChI=1S/C15H22ClNO2/c1-17(10-9-15(19)7-2-3-8-15)11-12-5-4-6-13(18)14(12)16/h4-6,18-19H,2-3,7-11H2,1H3. The molecule has 1 aromatic carbocycles. The van der Waals surface area contributed by atoms with E-state index in [2.05, 4.69) is 4.90 Å². The Labute approximate surface area is 119 Å². The number of aliphatic hydroxyl groups is 1. The van der Waals surface area contributed by atoms with Crippen molar-refractivity contribution in [2.75, 3.05) is 13.6 Å². The van der Waals surface area contributed by atoms with Crippen molar-refractivity contribution < 1.29 is 10.2 Å². The zero-order chi connectivity index (χ0) is 13.9. The maximum absolute atomic E-state index is 10.3. The molecular weight excluding hydrogens is 262 g/mol. The summed E-state index contributed by atoms with van der Waals surface area (Å²) in [5.74, 6) is 0.127. The van der Waals surface area contributed by atoms with Crippen LogP contribution >= 0.6 is 11.6 Å². The highest BCUT2D eigenvalue weighted by Crippen LogP contribution is 2.32. The van der Waals surface area contributed by atoms with Gasteiger partial charge in [0.25, 0.3) is 0 Å². The molecule has 2 rings (SSSR count). The first-order chi connectivity index (χ1) is 9.00. The lowest BCUT2D eigenvalue weighted by atomic mass is 9.98. The van der Waals surface area contributed by atoms with E-state index in [0.717, 1.165) is 44.2 Å². The number of nitrogens with zero attached hydrogens (tertiary/aromatic N) is 1. The van der Waals surface area contributed by atoms with E-state index in [1.807, 2.05) is 13.1 Å². The number of hydrogen-bond donors (Lipinski definition) is 2. The Morgan fingerprint density at radius 1 is 1.32 bits per heavy atom. The normalized spacial score (nSPS) is 18.1. The molecule has 0 amide bonds. The Bertz CT molecular complexity index is 430. The van der Waals surface area contributed by atoms with Crippen molar-refractivity contribution in [2.45, 2.75) is 44.2 Å². The Hall–Kier alpha value is -0.770. The van der Waals surface area contributed by atoms with E-state index in [4.69, 9.17) is 11.6 Å². The molecule has 1 saturated carbocycles. The van der Waals surface area contributed by atoms with Crippen molar-refractivity contribution in [1.82, 2.24) is 4.90 Å².